The van der Waals surface area contributed by atoms with Gasteiger partial charge in [-0.3, -0.25) is 0 Å². The standard InChI is InChI=1S/C17H22O6/c1-6-8(2)7-9(3)13-17(5,21)14-11(16(20)22-13)12(18)10(4)15(19)23-14/h7-8,13,18,21H,6H2,1-5H3/b9-7+/t8-,13+,17-/m1/s1. The summed E-state index contributed by atoms with van der Waals surface area (Å²) in [5.41, 5.74) is -2.27. The Hall–Kier alpha value is -2.08. The van der Waals surface area contributed by atoms with Crippen molar-refractivity contribution in [3.8, 4) is 5.75 Å². The van der Waals surface area contributed by atoms with Crippen LogP contribution in [0.25, 0.3) is 0 Å². The molecule has 0 saturated carbocycles. The molecule has 0 radical (unpaired) electrons. The number of hydrogen-bond donors (Lipinski definition) is 2. The second-order valence-electron chi connectivity index (χ2n) is 6.30. The molecule has 1 aromatic heterocycles. The van der Waals surface area contributed by atoms with Crippen molar-refractivity contribution < 1.29 is 24.2 Å². The minimum atomic E-state index is -1.75. The maximum atomic E-state index is 12.2. The summed E-state index contributed by atoms with van der Waals surface area (Å²) in [5.74, 6) is -1.35. The fraction of sp³-hybridized carbons (Fsp3) is 0.529. The molecule has 0 fully saturated rings. The molecule has 1 aliphatic rings. The number of carbonyl (C=O) groups is 1. The molecule has 126 valence electrons. The first-order valence-electron chi connectivity index (χ1n) is 7.60. The first-order chi connectivity index (χ1) is 10.6. The van der Waals surface area contributed by atoms with E-state index in [1.807, 2.05) is 19.9 Å². The van der Waals surface area contributed by atoms with E-state index in [9.17, 15) is 19.8 Å². The molecule has 0 spiro atoms. The van der Waals surface area contributed by atoms with Crippen molar-refractivity contribution in [2.24, 2.45) is 5.92 Å². The third kappa shape index (κ3) is 2.79. The summed E-state index contributed by atoms with van der Waals surface area (Å²) < 4.78 is 10.4. The average Bonchev–Trinajstić information content (AvgIpc) is 2.47. The SMILES string of the molecule is CC[C@@H](C)/C=C(\C)[C@@H]1OC(=O)c2c(oc(=O)c(C)c2O)[C@]1(C)O. The zero-order valence-electron chi connectivity index (χ0n) is 14.0. The molecule has 0 aromatic carbocycles. The van der Waals surface area contributed by atoms with E-state index in [1.54, 1.807) is 6.92 Å². The number of aliphatic hydroxyl groups is 1. The summed E-state index contributed by atoms with van der Waals surface area (Å²) >= 11 is 0. The van der Waals surface area contributed by atoms with Crippen LogP contribution in [-0.2, 0) is 10.3 Å². The number of allylic oxidation sites excluding steroid dienone is 1. The van der Waals surface area contributed by atoms with Gasteiger partial charge in [0, 0.05) is 0 Å². The minimum absolute atomic E-state index is 0.0955. The molecule has 6 nitrogen and oxygen atoms in total. The van der Waals surface area contributed by atoms with Crippen molar-refractivity contribution in [1.29, 1.82) is 0 Å². The molecule has 23 heavy (non-hydrogen) atoms. The molecule has 3 atom stereocenters. The number of rotatable bonds is 3. The second-order valence-corrected chi connectivity index (χ2v) is 6.30. The van der Waals surface area contributed by atoms with Crippen LogP contribution < -0.4 is 5.63 Å². The van der Waals surface area contributed by atoms with Gasteiger partial charge in [0.15, 0.2) is 17.5 Å². The predicted molar refractivity (Wildman–Crippen MR) is 83.4 cm³/mol. The minimum Gasteiger partial charge on any atom is -0.506 e. The largest absolute Gasteiger partial charge is 0.506 e. The number of ether oxygens (including phenoxy) is 1. The first kappa shape index (κ1) is 17.3. The number of esters is 1. The highest BCUT2D eigenvalue weighted by molar-refractivity contribution is 5.95. The highest BCUT2D eigenvalue weighted by Crippen LogP contribution is 2.41. The zero-order chi connectivity index (χ0) is 17.5. The average molecular weight is 322 g/mol. The molecule has 2 heterocycles. The topological polar surface area (TPSA) is 97.0 Å². The van der Waals surface area contributed by atoms with Crippen LogP contribution in [0, 0.1) is 12.8 Å². The predicted octanol–water partition coefficient (Wildman–Crippen LogP) is 2.39. The van der Waals surface area contributed by atoms with E-state index in [-0.39, 0.29) is 22.8 Å². The van der Waals surface area contributed by atoms with Gasteiger partial charge in [-0.15, -0.1) is 0 Å². The van der Waals surface area contributed by atoms with Crippen LogP contribution in [-0.4, -0.2) is 22.3 Å². The van der Waals surface area contributed by atoms with Gasteiger partial charge >= 0.3 is 11.6 Å². The van der Waals surface area contributed by atoms with Crippen LogP contribution >= 0.6 is 0 Å². The maximum Gasteiger partial charge on any atom is 0.346 e. The summed E-state index contributed by atoms with van der Waals surface area (Å²) in [6, 6.07) is 0. The van der Waals surface area contributed by atoms with E-state index in [2.05, 4.69) is 0 Å². The van der Waals surface area contributed by atoms with Crippen LogP contribution in [0.15, 0.2) is 20.9 Å². The molecular weight excluding hydrogens is 300 g/mol. The van der Waals surface area contributed by atoms with Crippen molar-refractivity contribution in [3.05, 3.63) is 39.0 Å². The molecule has 1 aromatic rings. The molecule has 2 rings (SSSR count). The highest BCUT2D eigenvalue weighted by Gasteiger charge is 2.49. The van der Waals surface area contributed by atoms with Crippen LogP contribution in [0.5, 0.6) is 5.75 Å². The van der Waals surface area contributed by atoms with Crippen LogP contribution in [0.2, 0.25) is 0 Å². The summed E-state index contributed by atoms with van der Waals surface area (Å²) in [4.78, 5) is 24.0. The molecule has 0 unspecified atom stereocenters. The van der Waals surface area contributed by atoms with Gasteiger partial charge in [-0.25, -0.2) is 9.59 Å². The number of fused-ring (bicyclic) bond motifs is 1. The van der Waals surface area contributed by atoms with E-state index in [0.29, 0.717) is 5.57 Å². The van der Waals surface area contributed by atoms with Crippen molar-refractivity contribution in [2.75, 3.05) is 0 Å². The molecular formula is C17H22O6. The lowest BCUT2D eigenvalue weighted by Gasteiger charge is -2.37. The zero-order valence-corrected chi connectivity index (χ0v) is 14.0. The van der Waals surface area contributed by atoms with Gasteiger partial charge in [-0.05, 0) is 32.3 Å². The van der Waals surface area contributed by atoms with Crippen molar-refractivity contribution in [2.45, 2.75) is 52.7 Å². The monoisotopic (exact) mass is 322 g/mol. The van der Waals surface area contributed by atoms with Crippen LogP contribution in [0.3, 0.4) is 0 Å². The number of carbonyl (C=O) groups excluding carboxylic acids is 1. The fourth-order valence-corrected chi connectivity index (χ4v) is 2.75. The highest BCUT2D eigenvalue weighted by atomic mass is 16.6. The van der Waals surface area contributed by atoms with Gasteiger partial charge in [0.25, 0.3) is 0 Å². The lowest BCUT2D eigenvalue weighted by molar-refractivity contribution is -0.0881. The molecule has 1 aliphatic heterocycles. The third-order valence-corrected chi connectivity index (χ3v) is 4.32. The molecule has 0 amide bonds. The van der Waals surface area contributed by atoms with E-state index in [0.717, 1.165) is 6.42 Å². The van der Waals surface area contributed by atoms with Gasteiger partial charge in [-0.1, -0.05) is 26.3 Å². The third-order valence-electron chi connectivity index (χ3n) is 4.32. The Morgan fingerprint density at radius 2 is 2.04 bits per heavy atom. The van der Waals surface area contributed by atoms with Crippen molar-refractivity contribution in [1.82, 2.24) is 0 Å². The Kier molecular flexibility index (Phi) is 4.39. The van der Waals surface area contributed by atoms with E-state index in [1.165, 1.54) is 13.8 Å². The number of cyclic esters (lactones) is 1. The second kappa shape index (κ2) is 5.85. The number of aromatic hydroxyl groups is 1. The lowest BCUT2D eigenvalue weighted by Crippen LogP contribution is -2.46. The van der Waals surface area contributed by atoms with E-state index < -0.39 is 29.0 Å². The normalized spacial score (nSPS) is 25.7. The van der Waals surface area contributed by atoms with Gasteiger partial charge in [-0.2, -0.15) is 0 Å². The molecule has 0 bridgehead atoms. The summed E-state index contributed by atoms with van der Waals surface area (Å²) in [5, 5.41) is 20.9. The molecule has 0 aliphatic carbocycles. The Labute approximate surface area is 134 Å². The quantitative estimate of drug-likeness (QED) is 0.655. The van der Waals surface area contributed by atoms with Gasteiger partial charge in [0.05, 0.1) is 5.56 Å². The Morgan fingerprint density at radius 1 is 1.43 bits per heavy atom. The Morgan fingerprint density at radius 3 is 2.61 bits per heavy atom. The number of hydrogen-bond acceptors (Lipinski definition) is 6. The van der Waals surface area contributed by atoms with E-state index >= 15 is 0 Å². The van der Waals surface area contributed by atoms with Crippen molar-refractivity contribution >= 4 is 5.97 Å². The summed E-state index contributed by atoms with van der Waals surface area (Å²) in [6.45, 7) is 8.51. The van der Waals surface area contributed by atoms with Gasteiger partial charge in [0.2, 0.25) is 0 Å². The fourth-order valence-electron chi connectivity index (χ4n) is 2.75. The van der Waals surface area contributed by atoms with Crippen LogP contribution in [0.4, 0.5) is 0 Å². The van der Waals surface area contributed by atoms with Gasteiger partial charge in [0.1, 0.15) is 11.3 Å². The summed E-state index contributed by atoms with van der Waals surface area (Å²) in [6.07, 6.45) is 1.82. The molecule has 2 N–H and O–H groups in total. The Balaban J connectivity index is 2.62. The van der Waals surface area contributed by atoms with E-state index in [4.69, 9.17) is 9.15 Å². The van der Waals surface area contributed by atoms with Crippen molar-refractivity contribution in [3.63, 3.8) is 0 Å². The molecule has 0 saturated heterocycles. The smallest absolute Gasteiger partial charge is 0.346 e. The first-order valence-corrected chi connectivity index (χ1v) is 7.60. The maximum absolute atomic E-state index is 12.2. The summed E-state index contributed by atoms with van der Waals surface area (Å²) in [7, 11) is 0. The Bertz CT molecular complexity index is 725. The van der Waals surface area contributed by atoms with Gasteiger partial charge < -0.3 is 19.4 Å². The lowest BCUT2D eigenvalue weighted by atomic mass is 9.84. The van der Waals surface area contributed by atoms with Crippen LogP contribution in [0.1, 0.15) is 55.8 Å². The molecule has 6 heteroatoms.